The maximum Gasteiger partial charge on any atom is 0.408 e. The first-order chi connectivity index (χ1) is 16.4. The van der Waals surface area contributed by atoms with Gasteiger partial charge >= 0.3 is 6.09 Å². The molecule has 35 heavy (non-hydrogen) atoms. The van der Waals surface area contributed by atoms with E-state index in [-0.39, 0.29) is 23.9 Å². The molecule has 3 amide bonds. The Hall–Kier alpha value is -2.57. The number of benzene rings is 1. The molecular weight excluding hydrogens is 442 g/mol. The first-order valence-corrected chi connectivity index (χ1v) is 13.1. The summed E-state index contributed by atoms with van der Waals surface area (Å²) in [5, 5.41) is 5.96. The van der Waals surface area contributed by atoms with Crippen LogP contribution < -0.4 is 10.6 Å². The van der Waals surface area contributed by atoms with E-state index in [0.717, 1.165) is 48.8 Å². The number of hydrogen-bond donors (Lipinski definition) is 2. The Morgan fingerprint density at radius 3 is 2.14 bits per heavy atom. The van der Waals surface area contributed by atoms with E-state index in [1.165, 1.54) is 6.42 Å². The van der Waals surface area contributed by atoms with Crippen LogP contribution in [0.4, 0.5) is 4.79 Å². The number of alkyl carbamates (subject to hydrolysis) is 1. The SMILES string of the molecule is Cc1cccc(C)c1C(C(=O)NC1CCCCC1)N(C(=O)C(C)NC(=O)OC(C)(C)C)C1CC1C. The van der Waals surface area contributed by atoms with Gasteiger partial charge < -0.3 is 20.3 Å². The molecule has 3 rings (SSSR count). The molecule has 4 unspecified atom stereocenters. The minimum Gasteiger partial charge on any atom is -0.444 e. The lowest BCUT2D eigenvalue weighted by Crippen LogP contribution is -2.54. The molecule has 0 spiro atoms. The summed E-state index contributed by atoms with van der Waals surface area (Å²) < 4.78 is 5.37. The van der Waals surface area contributed by atoms with Gasteiger partial charge in [0.1, 0.15) is 17.7 Å². The Kier molecular flexibility index (Phi) is 8.50. The van der Waals surface area contributed by atoms with Gasteiger partial charge in [0, 0.05) is 12.1 Å². The molecule has 2 N–H and O–H groups in total. The van der Waals surface area contributed by atoms with E-state index in [1.54, 1.807) is 32.6 Å². The predicted molar refractivity (Wildman–Crippen MR) is 137 cm³/mol. The molecule has 2 aliphatic carbocycles. The number of carbonyl (C=O) groups excluding carboxylic acids is 3. The highest BCUT2D eigenvalue weighted by Crippen LogP contribution is 2.42. The molecular formula is C28H43N3O4. The molecule has 1 aromatic carbocycles. The van der Waals surface area contributed by atoms with Crippen molar-refractivity contribution in [3.8, 4) is 0 Å². The van der Waals surface area contributed by atoms with Crippen LogP contribution in [-0.4, -0.2) is 46.5 Å². The highest BCUT2D eigenvalue weighted by atomic mass is 16.6. The van der Waals surface area contributed by atoms with Crippen molar-refractivity contribution in [1.29, 1.82) is 0 Å². The summed E-state index contributed by atoms with van der Waals surface area (Å²) >= 11 is 0. The summed E-state index contributed by atoms with van der Waals surface area (Å²) in [7, 11) is 0. The molecule has 1 aromatic rings. The quantitative estimate of drug-likeness (QED) is 0.572. The van der Waals surface area contributed by atoms with Crippen molar-refractivity contribution in [3.05, 3.63) is 34.9 Å². The summed E-state index contributed by atoms with van der Waals surface area (Å²) in [6.07, 6.45) is 5.55. The Labute approximate surface area is 210 Å². The molecule has 7 nitrogen and oxygen atoms in total. The molecule has 2 saturated carbocycles. The maximum absolute atomic E-state index is 13.9. The average molecular weight is 486 g/mol. The zero-order chi connectivity index (χ0) is 25.9. The number of ether oxygens (including phenoxy) is 1. The molecule has 0 radical (unpaired) electrons. The largest absolute Gasteiger partial charge is 0.444 e. The third-order valence-corrected chi connectivity index (χ3v) is 7.08. The van der Waals surface area contributed by atoms with Gasteiger partial charge in [0.15, 0.2) is 0 Å². The van der Waals surface area contributed by atoms with Gasteiger partial charge in [0.05, 0.1) is 0 Å². The molecule has 2 fully saturated rings. The number of nitrogens with one attached hydrogen (secondary N) is 2. The Morgan fingerprint density at radius 2 is 1.63 bits per heavy atom. The van der Waals surface area contributed by atoms with Gasteiger partial charge in [-0.2, -0.15) is 0 Å². The van der Waals surface area contributed by atoms with Crippen molar-refractivity contribution in [1.82, 2.24) is 15.5 Å². The van der Waals surface area contributed by atoms with Crippen molar-refractivity contribution in [2.45, 2.75) is 117 Å². The van der Waals surface area contributed by atoms with Gasteiger partial charge in [-0.3, -0.25) is 9.59 Å². The van der Waals surface area contributed by atoms with Crippen molar-refractivity contribution in [3.63, 3.8) is 0 Å². The minimum absolute atomic E-state index is 0.0495. The number of nitrogens with zero attached hydrogens (tertiary/aromatic N) is 1. The predicted octanol–water partition coefficient (Wildman–Crippen LogP) is 4.94. The lowest BCUT2D eigenvalue weighted by molar-refractivity contribution is -0.143. The molecule has 0 aliphatic heterocycles. The van der Waals surface area contributed by atoms with Crippen LogP contribution in [0.2, 0.25) is 0 Å². The normalized spacial score (nSPS) is 22.0. The van der Waals surface area contributed by atoms with Gasteiger partial charge in [-0.25, -0.2) is 4.79 Å². The molecule has 0 bridgehead atoms. The summed E-state index contributed by atoms with van der Waals surface area (Å²) in [5.74, 6) is -0.107. The van der Waals surface area contributed by atoms with E-state index in [2.05, 4.69) is 17.6 Å². The molecule has 7 heteroatoms. The second-order valence-electron chi connectivity index (χ2n) is 11.4. The fraction of sp³-hybridized carbons (Fsp3) is 0.679. The maximum atomic E-state index is 13.9. The highest BCUT2D eigenvalue weighted by molar-refractivity contribution is 5.93. The first kappa shape index (κ1) is 27.0. The van der Waals surface area contributed by atoms with Crippen molar-refractivity contribution < 1.29 is 19.1 Å². The number of hydrogen-bond acceptors (Lipinski definition) is 4. The van der Waals surface area contributed by atoms with Gasteiger partial charge in [-0.15, -0.1) is 0 Å². The van der Waals surface area contributed by atoms with E-state index in [1.807, 2.05) is 32.0 Å². The van der Waals surface area contributed by atoms with Crippen molar-refractivity contribution >= 4 is 17.9 Å². The molecule has 0 heterocycles. The van der Waals surface area contributed by atoms with Crippen LogP contribution in [-0.2, 0) is 14.3 Å². The molecule has 2 aliphatic rings. The van der Waals surface area contributed by atoms with E-state index in [9.17, 15) is 14.4 Å². The topological polar surface area (TPSA) is 87.7 Å². The van der Waals surface area contributed by atoms with Crippen molar-refractivity contribution in [2.75, 3.05) is 0 Å². The summed E-state index contributed by atoms with van der Waals surface area (Å²) in [5.41, 5.74) is 2.16. The smallest absolute Gasteiger partial charge is 0.408 e. The highest BCUT2D eigenvalue weighted by Gasteiger charge is 2.48. The van der Waals surface area contributed by atoms with Crippen LogP contribution in [0.1, 0.15) is 95.9 Å². The fourth-order valence-corrected chi connectivity index (χ4v) is 5.12. The van der Waals surface area contributed by atoms with Crippen LogP contribution in [0.3, 0.4) is 0 Å². The van der Waals surface area contributed by atoms with Crippen LogP contribution >= 0.6 is 0 Å². The van der Waals surface area contributed by atoms with Crippen LogP contribution in [0.15, 0.2) is 18.2 Å². The number of carbonyl (C=O) groups is 3. The minimum atomic E-state index is -0.827. The van der Waals surface area contributed by atoms with Gasteiger partial charge in [0.2, 0.25) is 11.8 Å². The fourth-order valence-electron chi connectivity index (χ4n) is 5.12. The first-order valence-electron chi connectivity index (χ1n) is 13.1. The van der Waals surface area contributed by atoms with Crippen LogP contribution in [0.5, 0.6) is 0 Å². The van der Waals surface area contributed by atoms with E-state index in [0.29, 0.717) is 5.92 Å². The number of amides is 3. The van der Waals surface area contributed by atoms with Gasteiger partial charge in [-0.1, -0.05) is 44.4 Å². The average Bonchev–Trinajstić information content (AvgIpc) is 3.47. The van der Waals surface area contributed by atoms with E-state index < -0.39 is 23.8 Å². The van der Waals surface area contributed by atoms with Gasteiger partial charge in [-0.05, 0) is 83.4 Å². The Balaban J connectivity index is 1.94. The molecule has 194 valence electrons. The Morgan fingerprint density at radius 1 is 1.06 bits per heavy atom. The summed E-state index contributed by atoms with van der Waals surface area (Å²) in [6, 6.07) is 4.47. The van der Waals surface area contributed by atoms with Gasteiger partial charge in [0.25, 0.3) is 0 Å². The van der Waals surface area contributed by atoms with E-state index >= 15 is 0 Å². The second-order valence-corrected chi connectivity index (χ2v) is 11.4. The van der Waals surface area contributed by atoms with E-state index in [4.69, 9.17) is 4.74 Å². The lowest BCUT2D eigenvalue weighted by Gasteiger charge is -2.36. The summed E-state index contributed by atoms with van der Waals surface area (Å²) in [4.78, 5) is 41.9. The zero-order valence-electron chi connectivity index (χ0n) is 22.4. The molecule has 4 atom stereocenters. The number of rotatable bonds is 7. The molecule has 0 aromatic heterocycles. The summed E-state index contributed by atoms with van der Waals surface area (Å²) in [6.45, 7) is 13.1. The van der Waals surface area contributed by atoms with Crippen LogP contribution in [0.25, 0.3) is 0 Å². The second kappa shape index (κ2) is 11.0. The third-order valence-electron chi connectivity index (χ3n) is 7.08. The standard InChI is InChI=1S/C28H43N3O4/c1-17-12-11-13-18(2)23(17)24(25(32)30-21-14-9-8-10-15-21)31(22-16-19(22)3)26(33)20(4)29-27(34)35-28(5,6)7/h11-13,19-22,24H,8-10,14-16H2,1-7H3,(H,29,34)(H,30,32). The zero-order valence-corrected chi connectivity index (χ0v) is 22.4. The monoisotopic (exact) mass is 485 g/mol. The molecule has 0 saturated heterocycles. The third kappa shape index (κ3) is 6.98. The van der Waals surface area contributed by atoms with Crippen LogP contribution in [0, 0.1) is 19.8 Å². The lowest BCUT2D eigenvalue weighted by atomic mass is 9.91. The number of aryl methyl sites for hydroxylation is 2. The Bertz CT molecular complexity index is 912. The van der Waals surface area contributed by atoms with Crippen molar-refractivity contribution in [2.24, 2.45) is 5.92 Å².